The molecule has 0 saturated carbocycles. The number of carbonyl (C=O) groups is 1. The maximum absolute atomic E-state index is 10.6. The first-order valence-corrected chi connectivity index (χ1v) is 4.34. The van der Waals surface area contributed by atoms with Gasteiger partial charge in [-0.3, -0.25) is 0 Å². The van der Waals surface area contributed by atoms with E-state index in [1.807, 2.05) is 6.07 Å². The van der Waals surface area contributed by atoms with Crippen LogP contribution in [0.5, 0.6) is 0 Å². The van der Waals surface area contributed by atoms with E-state index in [2.05, 4.69) is 21.0 Å². The van der Waals surface area contributed by atoms with Crippen molar-refractivity contribution in [1.82, 2.24) is 9.78 Å². The molecule has 2 aromatic rings. The van der Waals surface area contributed by atoms with Crippen molar-refractivity contribution in [2.45, 2.75) is 0 Å². The molecule has 0 fully saturated rings. The first kappa shape index (κ1) is 8.25. The fourth-order valence-electron chi connectivity index (χ4n) is 1.16. The minimum Gasteiger partial charge on any atom is -0.463 e. The molecule has 1 aromatic carbocycles. The number of hydrogen-bond donors (Lipinski definition) is 1. The standard InChI is InChI=1S/C8H5BrN2O2/c9-6-1-2-7-5(3-6)4-10-11(7)8(12)13/h1-4H,(H,12,13). The van der Waals surface area contributed by atoms with Gasteiger partial charge < -0.3 is 5.11 Å². The first-order chi connectivity index (χ1) is 6.18. The zero-order valence-electron chi connectivity index (χ0n) is 6.44. The van der Waals surface area contributed by atoms with Crippen LogP contribution in [0.2, 0.25) is 0 Å². The number of benzene rings is 1. The Morgan fingerprint density at radius 2 is 2.31 bits per heavy atom. The third-order valence-electron chi connectivity index (χ3n) is 1.71. The summed E-state index contributed by atoms with van der Waals surface area (Å²) in [5.74, 6) is 0. The van der Waals surface area contributed by atoms with Crippen molar-refractivity contribution in [2.24, 2.45) is 0 Å². The SMILES string of the molecule is O=C(O)n1ncc2cc(Br)ccc21. The Kier molecular flexibility index (Phi) is 1.81. The minimum atomic E-state index is -1.07. The number of fused-ring (bicyclic) bond motifs is 1. The summed E-state index contributed by atoms with van der Waals surface area (Å²) in [5, 5.41) is 13.3. The molecule has 1 aromatic heterocycles. The highest BCUT2D eigenvalue weighted by atomic mass is 79.9. The molecule has 13 heavy (non-hydrogen) atoms. The van der Waals surface area contributed by atoms with Gasteiger partial charge in [0.1, 0.15) is 0 Å². The van der Waals surface area contributed by atoms with Gasteiger partial charge >= 0.3 is 6.09 Å². The van der Waals surface area contributed by atoms with Gasteiger partial charge in [-0.05, 0) is 18.2 Å². The Bertz CT molecular complexity index is 478. The van der Waals surface area contributed by atoms with Gasteiger partial charge in [0, 0.05) is 9.86 Å². The number of halogens is 1. The Labute approximate surface area is 81.9 Å². The molecule has 0 saturated heterocycles. The topological polar surface area (TPSA) is 55.1 Å². The lowest BCUT2D eigenvalue weighted by Gasteiger charge is -1.94. The van der Waals surface area contributed by atoms with Crippen LogP contribution in [-0.4, -0.2) is 21.0 Å². The maximum atomic E-state index is 10.6. The molecule has 5 heteroatoms. The third-order valence-corrected chi connectivity index (χ3v) is 2.20. The average Bonchev–Trinajstić information content (AvgIpc) is 2.46. The van der Waals surface area contributed by atoms with Crippen LogP contribution in [0.1, 0.15) is 0 Å². The molecule has 0 amide bonds. The van der Waals surface area contributed by atoms with E-state index in [0.29, 0.717) is 5.52 Å². The highest BCUT2D eigenvalue weighted by Crippen LogP contribution is 2.18. The Morgan fingerprint density at radius 1 is 1.54 bits per heavy atom. The van der Waals surface area contributed by atoms with Crippen LogP contribution in [0.15, 0.2) is 28.9 Å². The van der Waals surface area contributed by atoms with Gasteiger partial charge in [0.25, 0.3) is 0 Å². The summed E-state index contributed by atoms with van der Waals surface area (Å²) in [4.78, 5) is 10.6. The van der Waals surface area contributed by atoms with Crippen LogP contribution in [-0.2, 0) is 0 Å². The van der Waals surface area contributed by atoms with Crippen LogP contribution >= 0.6 is 15.9 Å². The molecule has 0 aliphatic heterocycles. The molecular weight excluding hydrogens is 236 g/mol. The molecule has 2 rings (SSSR count). The molecule has 0 aliphatic rings. The molecule has 0 bridgehead atoms. The Balaban J connectivity index is 2.76. The van der Waals surface area contributed by atoms with Crippen LogP contribution in [0.25, 0.3) is 10.9 Å². The highest BCUT2D eigenvalue weighted by Gasteiger charge is 2.07. The van der Waals surface area contributed by atoms with Gasteiger partial charge in [0.05, 0.1) is 11.7 Å². The van der Waals surface area contributed by atoms with E-state index < -0.39 is 6.09 Å². The monoisotopic (exact) mass is 240 g/mol. The van der Waals surface area contributed by atoms with Gasteiger partial charge in [0.15, 0.2) is 0 Å². The minimum absolute atomic E-state index is 0.593. The van der Waals surface area contributed by atoms with Gasteiger partial charge in [-0.2, -0.15) is 9.78 Å². The first-order valence-electron chi connectivity index (χ1n) is 3.55. The van der Waals surface area contributed by atoms with Crippen molar-refractivity contribution in [3.8, 4) is 0 Å². The molecule has 0 spiro atoms. The van der Waals surface area contributed by atoms with E-state index >= 15 is 0 Å². The molecule has 0 radical (unpaired) electrons. The van der Waals surface area contributed by atoms with Gasteiger partial charge in [0.2, 0.25) is 0 Å². The molecule has 0 unspecified atom stereocenters. The van der Waals surface area contributed by atoms with E-state index in [4.69, 9.17) is 5.11 Å². The molecule has 0 atom stereocenters. The summed E-state index contributed by atoms with van der Waals surface area (Å²) in [6.07, 6.45) is 0.450. The smallest absolute Gasteiger partial charge is 0.432 e. The van der Waals surface area contributed by atoms with Crippen molar-refractivity contribution < 1.29 is 9.90 Å². The van der Waals surface area contributed by atoms with E-state index in [9.17, 15) is 4.79 Å². The lowest BCUT2D eigenvalue weighted by atomic mass is 10.3. The van der Waals surface area contributed by atoms with Crippen molar-refractivity contribution >= 4 is 32.9 Å². The molecular formula is C8H5BrN2O2. The second-order valence-corrected chi connectivity index (χ2v) is 3.46. The van der Waals surface area contributed by atoms with Crippen LogP contribution < -0.4 is 0 Å². The fourth-order valence-corrected chi connectivity index (χ4v) is 1.54. The second-order valence-electron chi connectivity index (χ2n) is 2.54. The molecule has 1 N–H and O–H groups in total. The predicted molar refractivity (Wildman–Crippen MR) is 50.9 cm³/mol. The largest absolute Gasteiger partial charge is 0.463 e. The second kappa shape index (κ2) is 2.85. The lowest BCUT2D eigenvalue weighted by molar-refractivity contribution is 0.194. The number of aromatic nitrogens is 2. The van der Waals surface area contributed by atoms with Crippen molar-refractivity contribution in [3.63, 3.8) is 0 Å². The number of hydrogen-bond acceptors (Lipinski definition) is 2. The van der Waals surface area contributed by atoms with Crippen LogP contribution in [0.4, 0.5) is 4.79 Å². The number of nitrogens with zero attached hydrogens (tertiary/aromatic N) is 2. The quantitative estimate of drug-likeness (QED) is 0.769. The van der Waals surface area contributed by atoms with Crippen molar-refractivity contribution in [2.75, 3.05) is 0 Å². The van der Waals surface area contributed by atoms with Crippen molar-refractivity contribution in [1.29, 1.82) is 0 Å². The van der Waals surface area contributed by atoms with Crippen LogP contribution in [0.3, 0.4) is 0 Å². The van der Waals surface area contributed by atoms with E-state index in [0.717, 1.165) is 14.5 Å². The molecule has 66 valence electrons. The van der Waals surface area contributed by atoms with Gasteiger partial charge in [-0.25, -0.2) is 4.79 Å². The highest BCUT2D eigenvalue weighted by molar-refractivity contribution is 9.10. The van der Waals surface area contributed by atoms with Crippen molar-refractivity contribution in [3.05, 3.63) is 28.9 Å². The third kappa shape index (κ3) is 1.31. The Hall–Kier alpha value is -1.36. The summed E-state index contributed by atoms with van der Waals surface area (Å²) in [7, 11) is 0. The lowest BCUT2D eigenvalue weighted by Crippen LogP contribution is -2.08. The maximum Gasteiger partial charge on any atom is 0.432 e. The normalized spacial score (nSPS) is 10.5. The summed E-state index contributed by atoms with van der Waals surface area (Å²) in [6.45, 7) is 0. The Morgan fingerprint density at radius 3 is 3.00 bits per heavy atom. The van der Waals surface area contributed by atoms with Gasteiger partial charge in [-0.15, -0.1) is 0 Å². The van der Waals surface area contributed by atoms with E-state index in [1.165, 1.54) is 6.20 Å². The molecule has 4 nitrogen and oxygen atoms in total. The summed E-state index contributed by atoms with van der Waals surface area (Å²) >= 11 is 3.29. The van der Waals surface area contributed by atoms with Gasteiger partial charge in [-0.1, -0.05) is 15.9 Å². The zero-order chi connectivity index (χ0) is 9.42. The number of rotatable bonds is 0. The van der Waals surface area contributed by atoms with Crippen LogP contribution in [0, 0.1) is 0 Å². The number of carboxylic acid groups (broad SMARTS) is 1. The fraction of sp³-hybridized carbons (Fsp3) is 0. The predicted octanol–water partition coefficient (Wildman–Crippen LogP) is 2.32. The summed E-state index contributed by atoms with van der Waals surface area (Å²) in [5.41, 5.74) is 0.593. The molecule has 1 heterocycles. The summed E-state index contributed by atoms with van der Waals surface area (Å²) < 4.78 is 1.85. The van der Waals surface area contributed by atoms with E-state index in [1.54, 1.807) is 12.1 Å². The average molecular weight is 241 g/mol. The zero-order valence-corrected chi connectivity index (χ0v) is 8.02. The summed E-state index contributed by atoms with van der Waals surface area (Å²) in [6, 6.07) is 5.31. The van der Waals surface area contributed by atoms with E-state index in [-0.39, 0.29) is 0 Å². The molecule has 0 aliphatic carbocycles.